The molecule has 1 aliphatic carbocycles. The highest BCUT2D eigenvalue weighted by Gasteiger charge is 2.61. The number of carbonyl (C=O) groups excluding carboxylic acids is 1. The molecular weight excluding hydrogens is 532 g/mol. The minimum Gasteiger partial charge on any atom is -0.392 e. The van der Waals surface area contributed by atoms with E-state index in [9.17, 15) is 28.2 Å². The number of hydrogen-bond acceptors (Lipinski definition) is 6. The SMILES string of the molecule is COCCCC[C@@](O)(c1cccc(F)c1-c1cccc(C(F)(F)F)c1)[C@@]1([C@H]2C[C@@H](N)[C@@H](O)C2)CN(C=O)CCO1. The van der Waals surface area contributed by atoms with Crippen LogP contribution >= 0.6 is 0 Å². The third kappa shape index (κ3) is 5.75. The van der Waals surface area contributed by atoms with Crippen LogP contribution in [0.25, 0.3) is 11.1 Å². The van der Waals surface area contributed by atoms with Crippen LogP contribution in [0, 0.1) is 11.7 Å². The molecule has 2 aromatic rings. The number of aliphatic hydroxyl groups excluding tert-OH is 1. The molecule has 0 bridgehead atoms. The molecule has 1 saturated heterocycles. The van der Waals surface area contributed by atoms with E-state index < -0.39 is 46.8 Å². The number of hydrogen-bond donors (Lipinski definition) is 3. The fourth-order valence-corrected chi connectivity index (χ4v) is 6.34. The zero-order valence-electron chi connectivity index (χ0n) is 22.4. The maximum absolute atomic E-state index is 15.7. The number of halogens is 4. The molecule has 5 atom stereocenters. The molecule has 7 nitrogen and oxygen atoms in total. The Hall–Kier alpha value is -2.57. The van der Waals surface area contributed by atoms with Crippen molar-refractivity contribution >= 4 is 6.41 Å². The van der Waals surface area contributed by atoms with Gasteiger partial charge >= 0.3 is 6.18 Å². The normalized spacial score (nSPS) is 27.0. The van der Waals surface area contributed by atoms with Gasteiger partial charge in [0.1, 0.15) is 17.0 Å². The Labute approximate surface area is 230 Å². The van der Waals surface area contributed by atoms with Crippen molar-refractivity contribution in [3.05, 3.63) is 59.4 Å². The number of carbonyl (C=O) groups is 1. The summed E-state index contributed by atoms with van der Waals surface area (Å²) in [6.07, 6.45) is -3.50. The van der Waals surface area contributed by atoms with Crippen LogP contribution in [0.5, 0.6) is 0 Å². The summed E-state index contributed by atoms with van der Waals surface area (Å²) >= 11 is 0. The van der Waals surface area contributed by atoms with Gasteiger partial charge in [-0.2, -0.15) is 13.2 Å². The van der Waals surface area contributed by atoms with Crippen molar-refractivity contribution in [3.63, 3.8) is 0 Å². The van der Waals surface area contributed by atoms with E-state index in [-0.39, 0.29) is 55.6 Å². The van der Waals surface area contributed by atoms with Crippen LogP contribution < -0.4 is 5.73 Å². The molecule has 0 radical (unpaired) electrons. The maximum Gasteiger partial charge on any atom is 0.416 e. The Morgan fingerprint density at radius 2 is 1.95 bits per heavy atom. The van der Waals surface area contributed by atoms with Crippen molar-refractivity contribution in [1.29, 1.82) is 0 Å². The Morgan fingerprint density at radius 1 is 1.20 bits per heavy atom. The Kier molecular flexibility index (Phi) is 9.21. The van der Waals surface area contributed by atoms with Crippen LogP contribution in [0.4, 0.5) is 17.6 Å². The van der Waals surface area contributed by atoms with E-state index in [1.165, 1.54) is 29.2 Å². The number of benzene rings is 2. The van der Waals surface area contributed by atoms with E-state index >= 15 is 4.39 Å². The lowest BCUT2D eigenvalue weighted by Gasteiger charge is -2.55. The van der Waals surface area contributed by atoms with E-state index in [1.54, 1.807) is 7.11 Å². The quantitative estimate of drug-likeness (QED) is 0.229. The van der Waals surface area contributed by atoms with E-state index in [1.807, 2.05) is 0 Å². The highest BCUT2D eigenvalue weighted by Crippen LogP contribution is 2.53. The molecule has 0 unspecified atom stereocenters. The van der Waals surface area contributed by atoms with Crippen LogP contribution in [0.1, 0.15) is 43.2 Å². The molecule has 4 N–H and O–H groups in total. The molecule has 0 aromatic heterocycles. The standard InChI is InChI=1S/C29H36F4N2O5/c1-39-12-3-2-10-27(38,28(17-35(18-36)11-13-40-28)21-15-24(34)25(37)16-21)22-8-5-9-23(30)26(22)19-6-4-7-20(14-19)29(31,32)33/h4-9,14,18,21,24-25,37-38H,2-3,10-13,15-17,34H2,1H3/t21-,24+,25-,27+,28-/m0/s1. The number of nitrogens with zero attached hydrogens (tertiary/aromatic N) is 1. The molecule has 40 heavy (non-hydrogen) atoms. The van der Waals surface area contributed by atoms with Gasteiger partial charge in [-0.25, -0.2) is 4.39 Å². The minimum absolute atomic E-state index is 0.0281. The summed E-state index contributed by atoms with van der Waals surface area (Å²) in [6, 6.07) is 7.72. The number of rotatable bonds is 10. The highest BCUT2D eigenvalue weighted by atomic mass is 19.4. The Balaban J connectivity index is 1.95. The Morgan fingerprint density at radius 3 is 2.60 bits per heavy atom. The Bertz CT molecular complexity index is 1170. The second-order valence-electron chi connectivity index (χ2n) is 10.8. The topological polar surface area (TPSA) is 105 Å². The van der Waals surface area contributed by atoms with Gasteiger partial charge in [0, 0.05) is 31.9 Å². The zero-order chi connectivity index (χ0) is 29.1. The highest BCUT2D eigenvalue weighted by molar-refractivity contribution is 5.70. The lowest BCUT2D eigenvalue weighted by Crippen LogP contribution is -2.66. The molecule has 1 saturated carbocycles. The fourth-order valence-electron chi connectivity index (χ4n) is 6.34. The molecule has 2 aliphatic rings. The molecule has 1 aliphatic heterocycles. The van der Waals surface area contributed by atoms with E-state index in [2.05, 4.69) is 0 Å². The predicted molar refractivity (Wildman–Crippen MR) is 139 cm³/mol. The molecule has 1 amide bonds. The molecule has 11 heteroatoms. The summed E-state index contributed by atoms with van der Waals surface area (Å²) in [7, 11) is 1.54. The van der Waals surface area contributed by atoms with Gasteiger partial charge in [-0.05, 0) is 67.3 Å². The lowest BCUT2D eigenvalue weighted by molar-refractivity contribution is -0.246. The summed E-state index contributed by atoms with van der Waals surface area (Å²) in [6.45, 7) is 0.645. The molecular formula is C29H36F4N2O5. The van der Waals surface area contributed by atoms with Crippen molar-refractivity contribution in [2.24, 2.45) is 11.7 Å². The smallest absolute Gasteiger partial charge is 0.392 e. The number of amides is 1. The largest absolute Gasteiger partial charge is 0.416 e. The third-order valence-electron chi connectivity index (χ3n) is 8.34. The van der Waals surface area contributed by atoms with Crippen LogP contribution in [-0.4, -0.2) is 72.7 Å². The second kappa shape index (κ2) is 12.1. The van der Waals surface area contributed by atoms with Gasteiger partial charge in [-0.1, -0.05) is 24.3 Å². The van der Waals surface area contributed by atoms with Gasteiger partial charge in [-0.3, -0.25) is 4.79 Å². The first-order valence-corrected chi connectivity index (χ1v) is 13.4. The summed E-state index contributed by atoms with van der Waals surface area (Å²) in [5.74, 6) is -1.35. The van der Waals surface area contributed by atoms with Gasteiger partial charge in [0.2, 0.25) is 6.41 Å². The van der Waals surface area contributed by atoms with E-state index in [4.69, 9.17) is 15.2 Å². The first-order valence-electron chi connectivity index (χ1n) is 13.4. The minimum atomic E-state index is -4.66. The van der Waals surface area contributed by atoms with Crippen molar-refractivity contribution in [3.8, 4) is 11.1 Å². The average molecular weight is 569 g/mol. The number of methoxy groups -OCH3 is 1. The van der Waals surface area contributed by atoms with E-state index in [0.29, 0.717) is 25.9 Å². The van der Waals surface area contributed by atoms with Crippen molar-refractivity contribution in [2.45, 2.75) is 61.6 Å². The summed E-state index contributed by atoms with van der Waals surface area (Å²) in [5.41, 5.74) is 1.51. The number of nitrogens with two attached hydrogens (primary N) is 1. The fraction of sp³-hybridized carbons (Fsp3) is 0.552. The molecule has 2 fully saturated rings. The van der Waals surface area contributed by atoms with Crippen molar-refractivity contribution in [2.75, 3.05) is 33.4 Å². The van der Waals surface area contributed by atoms with E-state index in [0.717, 1.165) is 18.2 Å². The number of aliphatic hydroxyl groups is 2. The lowest BCUT2D eigenvalue weighted by atomic mass is 9.65. The van der Waals surface area contributed by atoms with Crippen molar-refractivity contribution in [1.82, 2.24) is 4.90 Å². The first kappa shape index (κ1) is 30.4. The molecule has 220 valence electrons. The van der Waals surface area contributed by atoms with Gasteiger partial charge in [-0.15, -0.1) is 0 Å². The maximum atomic E-state index is 15.7. The molecule has 1 heterocycles. The van der Waals surface area contributed by atoms with Crippen molar-refractivity contribution < 1.29 is 42.0 Å². The molecule has 4 rings (SSSR count). The van der Waals surface area contributed by atoms with Gasteiger partial charge < -0.3 is 30.3 Å². The molecule has 2 aromatic carbocycles. The summed E-state index contributed by atoms with van der Waals surface area (Å²) in [4.78, 5) is 13.4. The third-order valence-corrected chi connectivity index (χ3v) is 8.34. The average Bonchev–Trinajstić information content (AvgIpc) is 3.28. The van der Waals surface area contributed by atoms with Crippen LogP contribution in [0.3, 0.4) is 0 Å². The first-order chi connectivity index (χ1) is 19.0. The summed E-state index contributed by atoms with van der Waals surface area (Å²) in [5, 5.41) is 23.5. The van der Waals surface area contributed by atoms with Crippen LogP contribution in [-0.2, 0) is 26.0 Å². The number of morpholine rings is 1. The van der Waals surface area contributed by atoms with Gasteiger partial charge in [0.25, 0.3) is 0 Å². The van der Waals surface area contributed by atoms with Crippen LogP contribution in [0.15, 0.2) is 42.5 Å². The number of ether oxygens (including phenoxy) is 2. The second-order valence-corrected chi connectivity index (χ2v) is 10.8. The number of unbranched alkanes of at least 4 members (excludes halogenated alkanes) is 1. The van der Waals surface area contributed by atoms with Gasteiger partial charge in [0.05, 0.1) is 24.8 Å². The van der Waals surface area contributed by atoms with Crippen LogP contribution in [0.2, 0.25) is 0 Å². The monoisotopic (exact) mass is 568 g/mol. The summed E-state index contributed by atoms with van der Waals surface area (Å²) < 4.78 is 68.1. The van der Waals surface area contributed by atoms with Gasteiger partial charge in [0.15, 0.2) is 0 Å². The molecule has 0 spiro atoms. The number of alkyl halides is 3. The zero-order valence-corrected chi connectivity index (χ0v) is 22.4. The predicted octanol–water partition coefficient (Wildman–Crippen LogP) is 3.84.